The summed E-state index contributed by atoms with van der Waals surface area (Å²) in [6.07, 6.45) is 0. The second-order valence-electron chi connectivity index (χ2n) is 3.94. The Hall–Kier alpha value is -2.57. The van der Waals surface area contributed by atoms with Crippen molar-refractivity contribution in [1.29, 1.82) is 0 Å². The lowest BCUT2D eigenvalue weighted by atomic mass is 10.2. The highest BCUT2D eigenvalue weighted by atomic mass is 19.1. The van der Waals surface area contributed by atoms with E-state index in [4.69, 9.17) is 4.74 Å². The normalized spacial score (nSPS) is 10.3. The standard InChI is InChI=1S/C13H8F3NO3/c14-9-4-10(15)6-11(5-9)20-7-8-1-2-13(17(18)19)12(16)3-8/h1-6H,7H2. The summed E-state index contributed by atoms with van der Waals surface area (Å²) in [7, 11) is 0. The summed E-state index contributed by atoms with van der Waals surface area (Å²) in [5.41, 5.74) is -0.344. The van der Waals surface area contributed by atoms with Gasteiger partial charge < -0.3 is 4.74 Å². The molecule has 20 heavy (non-hydrogen) atoms. The molecular weight excluding hydrogens is 275 g/mol. The fourth-order valence-corrected chi connectivity index (χ4v) is 1.57. The van der Waals surface area contributed by atoms with Crippen molar-refractivity contribution < 1.29 is 22.8 Å². The lowest BCUT2D eigenvalue weighted by Crippen LogP contribution is -1.99. The molecule has 7 heteroatoms. The van der Waals surface area contributed by atoms with Gasteiger partial charge in [0.1, 0.15) is 24.0 Å². The van der Waals surface area contributed by atoms with E-state index < -0.39 is 28.1 Å². The molecule has 0 aliphatic heterocycles. The number of nitro benzene ring substituents is 1. The number of ether oxygens (including phenoxy) is 1. The maximum absolute atomic E-state index is 13.3. The number of benzene rings is 2. The van der Waals surface area contributed by atoms with E-state index in [9.17, 15) is 23.3 Å². The molecule has 0 amide bonds. The van der Waals surface area contributed by atoms with Crippen molar-refractivity contribution in [3.8, 4) is 5.75 Å². The summed E-state index contributed by atoms with van der Waals surface area (Å²) < 4.78 is 44.2. The molecule has 0 aliphatic carbocycles. The van der Waals surface area contributed by atoms with Crippen molar-refractivity contribution in [3.05, 3.63) is 69.5 Å². The minimum atomic E-state index is -0.999. The summed E-state index contributed by atoms with van der Waals surface area (Å²) >= 11 is 0. The molecule has 0 N–H and O–H groups in total. The third kappa shape index (κ3) is 3.25. The number of rotatable bonds is 4. The van der Waals surface area contributed by atoms with Crippen LogP contribution in [0.25, 0.3) is 0 Å². The van der Waals surface area contributed by atoms with Crippen LogP contribution >= 0.6 is 0 Å². The summed E-state index contributed by atoms with van der Waals surface area (Å²) in [6.45, 7) is -0.169. The molecule has 0 saturated heterocycles. The third-order valence-corrected chi connectivity index (χ3v) is 2.45. The first kappa shape index (κ1) is 13.9. The molecule has 0 fully saturated rings. The summed E-state index contributed by atoms with van der Waals surface area (Å²) in [5.74, 6) is -2.65. The number of nitrogens with zero attached hydrogens (tertiary/aromatic N) is 1. The fraction of sp³-hybridized carbons (Fsp3) is 0.0769. The highest BCUT2D eigenvalue weighted by Crippen LogP contribution is 2.20. The van der Waals surface area contributed by atoms with Gasteiger partial charge in [-0.2, -0.15) is 4.39 Å². The van der Waals surface area contributed by atoms with Crippen LogP contribution < -0.4 is 4.74 Å². The first-order chi connectivity index (χ1) is 9.45. The predicted octanol–water partition coefficient (Wildman–Crippen LogP) is 3.59. The van der Waals surface area contributed by atoms with Crippen molar-refractivity contribution >= 4 is 5.69 Å². The van der Waals surface area contributed by atoms with Crippen molar-refractivity contribution in [2.75, 3.05) is 0 Å². The van der Waals surface area contributed by atoms with E-state index >= 15 is 0 Å². The molecule has 0 saturated carbocycles. The monoisotopic (exact) mass is 283 g/mol. The van der Waals surface area contributed by atoms with Crippen LogP contribution in [0.3, 0.4) is 0 Å². The van der Waals surface area contributed by atoms with Crippen LogP contribution in [0, 0.1) is 27.6 Å². The molecule has 2 rings (SSSR count). The molecule has 0 atom stereocenters. The van der Waals surface area contributed by atoms with E-state index in [0.29, 0.717) is 11.6 Å². The first-order valence-corrected chi connectivity index (χ1v) is 5.47. The Morgan fingerprint density at radius 2 is 1.70 bits per heavy atom. The Morgan fingerprint density at radius 1 is 1.05 bits per heavy atom. The van der Waals surface area contributed by atoms with E-state index in [1.807, 2.05) is 0 Å². The van der Waals surface area contributed by atoms with Crippen molar-refractivity contribution in [3.63, 3.8) is 0 Å². The van der Waals surface area contributed by atoms with E-state index in [1.165, 1.54) is 6.07 Å². The molecular formula is C13H8F3NO3. The summed E-state index contributed by atoms with van der Waals surface area (Å²) in [5, 5.41) is 10.4. The van der Waals surface area contributed by atoms with Crippen molar-refractivity contribution in [2.45, 2.75) is 6.61 Å². The Morgan fingerprint density at radius 3 is 2.25 bits per heavy atom. The van der Waals surface area contributed by atoms with Crippen molar-refractivity contribution in [1.82, 2.24) is 0 Å². The molecule has 0 aromatic heterocycles. The third-order valence-electron chi connectivity index (χ3n) is 2.45. The van der Waals surface area contributed by atoms with Gasteiger partial charge in [0.05, 0.1) is 4.92 Å². The molecule has 0 spiro atoms. The zero-order valence-corrected chi connectivity index (χ0v) is 9.98. The van der Waals surface area contributed by atoms with Gasteiger partial charge in [-0.3, -0.25) is 10.1 Å². The highest BCUT2D eigenvalue weighted by molar-refractivity contribution is 5.35. The molecule has 2 aromatic rings. The molecule has 0 bridgehead atoms. The smallest absolute Gasteiger partial charge is 0.304 e. The second kappa shape index (κ2) is 5.60. The van der Waals surface area contributed by atoms with Gasteiger partial charge in [0.25, 0.3) is 0 Å². The van der Waals surface area contributed by atoms with Gasteiger partial charge in [-0.15, -0.1) is 0 Å². The van der Waals surface area contributed by atoms with E-state index in [-0.39, 0.29) is 12.4 Å². The first-order valence-electron chi connectivity index (χ1n) is 5.47. The number of halogens is 3. The molecule has 4 nitrogen and oxygen atoms in total. The van der Waals surface area contributed by atoms with Gasteiger partial charge in [0, 0.05) is 24.3 Å². The Kier molecular flexibility index (Phi) is 3.88. The molecule has 0 aliphatic rings. The number of nitro groups is 1. The SMILES string of the molecule is O=[N+]([O-])c1ccc(COc2cc(F)cc(F)c2)cc1F. The topological polar surface area (TPSA) is 52.4 Å². The summed E-state index contributed by atoms with van der Waals surface area (Å²) in [4.78, 5) is 9.59. The van der Waals surface area contributed by atoms with Gasteiger partial charge in [-0.1, -0.05) is 0 Å². The molecule has 0 unspecified atom stereocenters. The second-order valence-corrected chi connectivity index (χ2v) is 3.94. The lowest BCUT2D eigenvalue weighted by Gasteiger charge is -2.07. The number of hydrogen-bond donors (Lipinski definition) is 0. The predicted molar refractivity (Wildman–Crippen MR) is 63.7 cm³/mol. The zero-order chi connectivity index (χ0) is 14.7. The largest absolute Gasteiger partial charge is 0.489 e. The van der Waals surface area contributed by atoms with Crippen LogP contribution in [0.15, 0.2) is 36.4 Å². The van der Waals surface area contributed by atoms with E-state index in [1.54, 1.807) is 0 Å². The average molecular weight is 283 g/mol. The maximum Gasteiger partial charge on any atom is 0.304 e. The van der Waals surface area contributed by atoms with E-state index in [2.05, 4.69) is 0 Å². The average Bonchev–Trinajstić information content (AvgIpc) is 2.35. The van der Waals surface area contributed by atoms with Gasteiger partial charge in [0.2, 0.25) is 5.82 Å². The van der Waals surface area contributed by atoms with Crippen LogP contribution in [0.2, 0.25) is 0 Å². The summed E-state index contributed by atoms with van der Waals surface area (Å²) in [6, 6.07) is 5.89. The van der Waals surface area contributed by atoms with Gasteiger partial charge in [0.15, 0.2) is 0 Å². The van der Waals surface area contributed by atoms with Crippen LogP contribution in [0.4, 0.5) is 18.9 Å². The van der Waals surface area contributed by atoms with Gasteiger partial charge in [-0.25, -0.2) is 8.78 Å². The quantitative estimate of drug-likeness (QED) is 0.636. The van der Waals surface area contributed by atoms with Crippen LogP contribution in [0.5, 0.6) is 5.75 Å². The van der Waals surface area contributed by atoms with Gasteiger partial charge in [-0.05, 0) is 17.7 Å². The van der Waals surface area contributed by atoms with Crippen LogP contribution in [-0.2, 0) is 6.61 Å². The Balaban J connectivity index is 2.11. The fourth-order valence-electron chi connectivity index (χ4n) is 1.57. The number of hydrogen-bond acceptors (Lipinski definition) is 3. The van der Waals surface area contributed by atoms with Gasteiger partial charge >= 0.3 is 5.69 Å². The zero-order valence-electron chi connectivity index (χ0n) is 9.98. The minimum absolute atomic E-state index is 0.0544. The lowest BCUT2D eigenvalue weighted by molar-refractivity contribution is -0.387. The minimum Gasteiger partial charge on any atom is -0.489 e. The Bertz CT molecular complexity index is 641. The van der Waals surface area contributed by atoms with Crippen LogP contribution in [0.1, 0.15) is 5.56 Å². The van der Waals surface area contributed by atoms with E-state index in [0.717, 1.165) is 24.3 Å². The van der Waals surface area contributed by atoms with Crippen molar-refractivity contribution in [2.24, 2.45) is 0 Å². The van der Waals surface area contributed by atoms with Crippen LogP contribution in [-0.4, -0.2) is 4.92 Å². The maximum atomic E-state index is 13.3. The molecule has 2 aromatic carbocycles. The molecule has 0 heterocycles. The highest BCUT2D eigenvalue weighted by Gasteiger charge is 2.13. The Labute approximate surface area is 111 Å². The molecule has 0 radical (unpaired) electrons. The molecule has 104 valence electrons.